The van der Waals surface area contributed by atoms with Crippen LogP contribution in [0.25, 0.3) is 0 Å². The Balaban J connectivity index is 1.76. The number of sulfonamides is 1. The minimum Gasteiger partial charge on any atom is -0.480 e. The van der Waals surface area contributed by atoms with Gasteiger partial charge in [-0.1, -0.05) is 29.8 Å². The highest BCUT2D eigenvalue weighted by Crippen LogP contribution is 2.26. The van der Waals surface area contributed by atoms with Crippen molar-refractivity contribution in [2.45, 2.75) is 29.8 Å². The Morgan fingerprint density at radius 1 is 1.16 bits per heavy atom. The van der Waals surface area contributed by atoms with Gasteiger partial charge in [0.15, 0.2) is 0 Å². The molecule has 0 amide bonds. The smallest absolute Gasteiger partial charge is 0.325 e. The number of carboxylic acids is 1. The summed E-state index contributed by atoms with van der Waals surface area (Å²) in [7, 11) is -3.65. The third kappa shape index (κ3) is 3.85. The first-order valence-corrected chi connectivity index (χ1v) is 9.50. The SMILES string of the molecule is NC(C(=O)O)c1ccc2c(c1)CC(NS(=O)(=O)c1ccc(Cl)cc1)C2. The van der Waals surface area contributed by atoms with E-state index in [-0.39, 0.29) is 10.9 Å². The first kappa shape index (κ1) is 17.9. The lowest BCUT2D eigenvalue weighted by molar-refractivity contribution is -0.138. The van der Waals surface area contributed by atoms with Gasteiger partial charge in [0.2, 0.25) is 10.0 Å². The van der Waals surface area contributed by atoms with E-state index in [0.29, 0.717) is 23.4 Å². The number of halogens is 1. The fourth-order valence-corrected chi connectivity index (χ4v) is 4.32. The van der Waals surface area contributed by atoms with Gasteiger partial charge in [0.05, 0.1) is 4.90 Å². The fraction of sp³-hybridized carbons (Fsp3) is 0.235. The molecule has 1 aliphatic carbocycles. The molecule has 25 heavy (non-hydrogen) atoms. The Hall–Kier alpha value is -1.93. The number of nitrogens with one attached hydrogen (secondary N) is 1. The van der Waals surface area contributed by atoms with Crippen LogP contribution in [0.4, 0.5) is 0 Å². The van der Waals surface area contributed by atoms with Crippen molar-refractivity contribution in [1.82, 2.24) is 4.72 Å². The molecule has 0 bridgehead atoms. The lowest BCUT2D eigenvalue weighted by Crippen LogP contribution is -2.35. The van der Waals surface area contributed by atoms with E-state index in [1.54, 1.807) is 12.1 Å². The zero-order chi connectivity index (χ0) is 18.2. The van der Waals surface area contributed by atoms with E-state index in [0.717, 1.165) is 11.1 Å². The summed E-state index contributed by atoms with van der Waals surface area (Å²) in [5.74, 6) is -1.10. The summed E-state index contributed by atoms with van der Waals surface area (Å²) in [4.78, 5) is 11.2. The van der Waals surface area contributed by atoms with Gasteiger partial charge in [-0.2, -0.15) is 0 Å². The number of carboxylic acid groups (broad SMARTS) is 1. The second kappa shape index (κ2) is 6.76. The molecule has 1 aliphatic rings. The van der Waals surface area contributed by atoms with Crippen LogP contribution in [0.15, 0.2) is 47.4 Å². The molecule has 132 valence electrons. The predicted molar refractivity (Wildman–Crippen MR) is 94.0 cm³/mol. The highest BCUT2D eigenvalue weighted by atomic mass is 35.5. The summed E-state index contributed by atoms with van der Waals surface area (Å²) in [6.45, 7) is 0. The van der Waals surface area contributed by atoms with Crippen molar-refractivity contribution >= 4 is 27.6 Å². The number of fused-ring (bicyclic) bond motifs is 1. The van der Waals surface area contributed by atoms with Crippen molar-refractivity contribution in [3.8, 4) is 0 Å². The van der Waals surface area contributed by atoms with Crippen LogP contribution in [-0.2, 0) is 27.7 Å². The van der Waals surface area contributed by atoms with E-state index in [2.05, 4.69) is 4.72 Å². The molecule has 0 spiro atoms. The van der Waals surface area contributed by atoms with Crippen molar-refractivity contribution in [1.29, 1.82) is 0 Å². The Bertz CT molecular complexity index is 913. The minimum atomic E-state index is -3.65. The second-order valence-corrected chi connectivity index (χ2v) is 8.17. The second-order valence-electron chi connectivity index (χ2n) is 6.02. The highest BCUT2D eigenvalue weighted by molar-refractivity contribution is 7.89. The molecule has 0 aliphatic heterocycles. The molecule has 2 aromatic carbocycles. The van der Waals surface area contributed by atoms with Gasteiger partial charge in [0.1, 0.15) is 6.04 Å². The van der Waals surface area contributed by atoms with Crippen molar-refractivity contribution in [2.24, 2.45) is 5.73 Å². The molecule has 0 saturated heterocycles. The van der Waals surface area contributed by atoms with Crippen LogP contribution in [-0.4, -0.2) is 25.5 Å². The molecular weight excluding hydrogens is 364 g/mol. The molecule has 6 nitrogen and oxygen atoms in total. The van der Waals surface area contributed by atoms with Crippen molar-refractivity contribution < 1.29 is 18.3 Å². The molecule has 0 radical (unpaired) electrons. The lowest BCUT2D eigenvalue weighted by Gasteiger charge is -2.12. The predicted octanol–water partition coefficient (Wildman–Crippen LogP) is 1.87. The first-order valence-electron chi connectivity index (χ1n) is 7.64. The summed E-state index contributed by atoms with van der Waals surface area (Å²) in [6, 6.07) is 9.82. The normalized spacial score (nSPS) is 17.9. The van der Waals surface area contributed by atoms with Crippen molar-refractivity contribution in [3.05, 3.63) is 64.2 Å². The summed E-state index contributed by atoms with van der Waals surface area (Å²) in [5, 5.41) is 9.48. The highest BCUT2D eigenvalue weighted by Gasteiger charge is 2.27. The lowest BCUT2D eigenvalue weighted by atomic mass is 10.0. The maximum atomic E-state index is 12.5. The maximum Gasteiger partial charge on any atom is 0.325 e. The van der Waals surface area contributed by atoms with E-state index in [1.165, 1.54) is 24.3 Å². The number of rotatable bonds is 5. The van der Waals surface area contributed by atoms with Crippen LogP contribution >= 0.6 is 11.6 Å². The third-order valence-electron chi connectivity index (χ3n) is 4.23. The van der Waals surface area contributed by atoms with Crippen LogP contribution < -0.4 is 10.5 Å². The number of aliphatic carboxylic acids is 1. The van der Waals surface area contributed by atoms with Crippen molar-refractivity contribution in [3.63, 3.8) is 0 Å². The summed E-state index contributed by atoms with van der Waals surface area (Å²) < 4.78 is 27.6. The Morgan fingerprint density at radius 3 is 2.44 bits per heavy atom. The maximum absolute atomic E-state index is 12.5. The molecule has 0 saturated carbocycles. The van der Waals surface area contributed by atoms with Gasteiger partial charge in [0.25, 0.3) is 0 Å². The summed E-state index contributed by atoms with van der Waals surface area (Å²) in [5.41, 5.74) is 8.05. The van der Waals surface area contributed by atoms with E-state index in [4.69, 9.17) is 22.4 Å². The number of hydrogen-bond acceptors (Lipinski definition) is 4. The largest absolute Gasteiger partial charge is 0.480 e. The molecule has 4 N–H and O–H groups in total. The van der Waals surface area contributed by atoms with E-state index < -0.39 is 22.0 Å². The summed E-state index contributed by atoms with van der Waals surface area (Å²) >= 11 is 5.79. The molecule has 8 heteroatoms. The van der Waals surface area contributed by atoms with Gasteiger partial charge >= 0.3 is 5.97 Å². The van der Waals surface area contributed by atoms with E-state index in [1.807, 2.05) is 6.07 Å². The third-order valence-corrected chi connectivity index (χ3v) is 6.02. The van der Waals surface area contributed by atoms with Crippen LogP contribution in [0, 0.1) is 0 Å². The van der Waals surface area contributed by atoms with Crippen LogP contribution in [0.2, 0.25) is 5.02 Å². The van der Waals surface area contributed by atoms with Gasteiger partial charge in [-0.3, -0.25) is 4.79 Å². The van der Waals surface area contributed by atoms with Gasteiger partial charge < -0.3 is 10.8 Å². The molecule has 3 rings (SSSR count). The van der Waals surface area contributed by atoms with Gasteiger partial charge in [-0.05, 0) is 53.8 Å². The van der Waals surface area contributed by atoms with Gasteiger partial charge in [0, 0.05) is 11.1 Å². The number of benzene rings is 2. The average molecular weight is 381 g/mol. The van der Waals surface area contributed by atoms with Gasteiger partial charge in [-0.25, -0.2) is 13.1 Å². The van der Waals surface area contributed by atoms with Crippen LogP contribution in [0.5, 0.6) is 0 Å². The Labute approximate surface area is 150 Å². The fourth-order valence-electron chi connectivity index (χ4n) is 2.96. The topological polar surface area (TPSA) is 109 Å². The molecule has 2 unspecified atom stereocenters. The van der Waals surface area contributed by atoms with Crippen LogP contribution in [0.3, 0.4) is 0 Å². The minimum absolute atomic E-state index is 0.154. The standard InChI is InChI=1S/C17H17ClN2O4S/c18-13-3-5-15(6-4-13)25(23,24)20-14-8-10-1-2-11(7-12(10)9-14)16(19)17(21)22/h1-7,14,16,20H,8-9,19H2,(H,21,22). The molecule has 2 atom stereocenters. The first-order chi connectivity index (χ1) is 11.8. The number of carbonyl (C=O) groups is 1. The molecule has 0 fully saturated rings. The summed E-state index contributed by atoms with van der Waals surface area (Å²) in [6.07, 6.45) is 1.03. The molecule has 2 aromatic rings. The van der Waals surface area contributed by atoms with Gasteiger partial charge in [-0.15, -0.1) is 0 Å². The van der Waals surface area contributed by atoms with Crippen LogP contribution in [0.1, 0.15) is 22.7 Å². The van der Waals surface area contributed by atoms with Crippen molar-refractivity contribution in [2.75, 3.05) is 0 Å². The molecular formula is C17H17ClN2O4S. The van der Waals surface area contributed by atoms with E-state index in [9.17, 15) is 13.2 Å². The molecule has 0 aromatic heterocycles. The van der Waals surface area contributed by atoms with E-state index >= 15 is 0 Å². The zero-order valence-corrected chi connectivity index (χ0v) is 14.7. The number of nitrogens with two attached hydrogens (primary N) is 1. The zero-order valence-electron chi connectivity index (χ0n) is 13.1. The molecule has 0 heterocycles. The Morgan fingerprint density at radius 2 is 1.80 bits per heavy atom. The Kier molecular flexibility index (Phi) is 4.83. The average Bonchev–Trinajstić information content (AvgIpc) is 2.94. The number of hydrogen-bond donors (Lipinski definition) is 3. The quantitative estimate of drug-likeness (QED) is 0.733. The monoisotopic (exact) mass is 380 g/mol.